The Balaban J connectivity index is 1.79. The van der Waals surface area contributed by atoms with E-state index >= 15 is 0 Å². The first-order chi connectivity index (χ1) is 8.20. The maximum Gasteiger partial charge on any atom is 0.308 e. The van der Waals surface area contributed by atoms with E-state index in [0.29, 0.717) is 5.78 Å². The molecule has 0 radical (unpaired) electrons. The van der Waals surface area contributed by atoms with Crippen molar-refractivity contribution in [3.8, 4) is 0 Å². The summed E-state index contributed by atoms with van der Waals surface area (Å²) in [6.07, 6.45) is 7.93. The molecule has 17 heavy (non-hydrogen) atoms. The van der Waals surface area contributed by atoms with Crippen LogP contribution in [-0.2, 0) is 14.3 Å². The molecule has 3 heteroatoms. The molecule has 2 aliphatic rings. The summed E-state index contributed by atoms with van der Waals surface area (Å²) in [6.45, 7) is 0. The van der Waals surface area contributed by atoms with Crippen LogP contribution in [0.15, 0.2) is 0 Å². The van der Waals surface area contributed by atoms with Gasteiger partial charge in [0.15, 0.2) is 0 Å². The van der Waals surface area contributed by atoms with Crippen LogP contribution in [0.2, 0.25) is 0 Å². The van der Waals surface area contributed by atoms with Gasteiger partial charge in [0, 0.05) is 12.8 Å². The summed E-state index contributed by atoms with van der Waals surface area (Å²) < 4.78 is 4.80. The molecule has 0 spiro atoms. The van der Waals surface area contributed by atoms with Gasteiger partial charge >= 0.3 is 5.97 Å². The van der Waals surface area contributed by atoms with Crippen molar-refractivity contribution in [2.45, 2.75) is 51.4 Å². The molecule has 2 saturated carbocycles. The van der Waals surface area contributed by atoms with Crippen LogP contribution in [-0.4, -0.2) is 18.9 Å². The first kappa shape index (κ1) is 12.6. The molecule has 96 valence electrons. The molecule has 0 aromatic heterocycles. The maximum absolute atomic E-state index is 11.4. The van der Waals surface area contributed by atoms with E-state index in [1.165, 1.54) is 7.11 Å². The van der Waals surface area contributed by atoms with E-state index in [2.05, 4.69) is 0 Å². The van der Waals surface area contributed by atoms with Gasteiger partial charge in [-0.25, -0.2) is 0 Å². The SMILES string of the molecule is COC(=O)[C@H]1CC[C@H](C2CCC(=O)CC2)CC1. The highest BCUT2D eigenvalue weighted by atomic mass is 16.5. The monoisotopic (exact) mass is 238 g/mol. The quantitative estimate of drug-likeness (QED) is 0.695. The predicted molar refractivity (Wildman–Crippen MR) is 64.4 cm³/mol. The van der Waals surface area contributed by atoms with E-state index in [1.54, 1.807) is 0 Å². The van der Waals surface area contributed by atoms with Crippen LogP contribution in [0, 0.1) is 17.8 Å². The molecule has 2 fully saturated rings. The number of methoxy groups -OCH3 is 1. The molecular formula is C14H22O3. The summed E-state index contributed by atoms with van der Waals surface area (Å²) in [5.41, 5.74) is 0. The van der Waals surface area contributed by atoms with Gasteiger partial charge < -0.3 is 4.74 Å². The lowest BCUT2D eigenvalue weighted by atomic mass is 9.71. The molecule has 2 rings (SSSR count). The molecular weight excluding hydrogens is 216 g/mol. The van der Waals surface area contributed by atoms with Crippen molar-refractivity contribution in [1.29, 1.82) is 0 Å². The Morgan fingerprint density at radius 2 is 1.53 bits per heavy atom. The molecule has 0 amide bonds. The van der Waals surface area contributed by atoms with Crippen LogP contribution in [0.3, 0.4) is 0 Å². The first-order valence-electron chi connectivity index (χ1n) is 6.80. The fourth-order valence-corrected chi connectivity index (χ4v) is 3.43. The molecule has 0 bridgehead atoms. The second-order valence-corrected chi connectivity index (χ2v) is 5.51. The molecule has 0 aromatic rings. The molecule has 0 atom stereocenters. The van der Waals surface area contributed by atoms with Gasteiger partial charge in [-0.1, -0.05) is 0 Å². The van der Waals surface area contributed by atoms with Crippen molar-refractivity contribution in [2.24, 2.45) is 17.8 Å². The van der Waals surface area contributed by atoms with E-state index in [9.17, 15) is 9.59 Å². The number of Topliss-reactive ketones (excluding diaryl/α,β-unsaturated/α-hetero) is 1. The lowest BCUT2D eigenvalue weighted by molar-refractivity contribution is -0.147. The molecule has 0 heterocycles. The summed E-state index contributed by atoms with van der Waals surface area (Å²) in [7, 11) is 1.47. The minimum Gasteiger partial charge on any atom is -0.469 e. The number of carbonyl (C=O) groups is 2. The standard InChI is InChI=1S/C14H22O3/c1-17-14(16)12-4-2-10(3-5-12)11-6-8-13(15)9-7-11/h10-12H,2-9H2,1H3/t10-,12-. The number of esters is 1. The van der Waals surface area contributed by atoms with Crippen molar-refractivity contribution in [3.63, 3.8) is 0 Å². The Bertz CT molecular complexity index is 280. The van der Waals surface area contributed by atoms with E-state index in [1.807, 2.05) is 0 Å². The van der Waals surface area contributed by atoms with Crippen molar-refractivity contribution < 1.29 is 14.3 Å². The zero-order chi connectivity index (χ0) is 12.3. The van der Waals surface area contributed by atoms with Crippen LogP contribution in [0.1, 0.15) is 51.4 Å². The maximum atomic E-state index is 11.4. The third kappa shape index (κ3) is 3.08. The van der Waals surface area contributed by atoms with Crippen molar-refractivity contribution >= 4 is 11.8 Å². The summed E-state index contributed by atoms with van der Waals surface area (Å²) in [6, 6.07) is 0. The summed E-state index contributed by atoms with van der Waals surface area (Å²) in [5, 5.41) is 0. The summed E-state index contributed by atoms with van der Waals surface area (Å²) >= 11 is 0. The number of hydrogen-bond acceptors (Lipinski definition) is 3. The van der Waals surface area contributed by atoms with Gasteiger partial charge in [-0.05, 0) is 50.4 Å². The van der Waals surface area contributed by atoms with E-state index in [4.69, 9.17) is 4.74 Å². The fraction of sp³-hybridized carbons (Fsp3) is 0.857. The van der Waals surface area contributed by atoms with Crippen LogP contribution in [0.4, 0.5) is 0 Å². The second kappa shape index (κ2) is 5.65. The fourth-order valence-electron chi connectivity index (χ4n) is 3.43. The van der Waals surface area contributed by atoms with Gasteiger partial charge in [0.2, 0.25) is 0 Å². The Morgan fingerprint density at radius 1 is 1.00 bits per heavy atom. The van der Waals surface area contributed by atoms with Crippen molar-refractivity contribution in [2.75, 3.05) is 7.11 Å². The Labute approximate surface area is 103 Å². The Kier molecular flexibility index (Phi) is 4.19. The number of carbonyl (C=O) groups excluding carboxylic acids is 2. The molecule has 3 nitrogen and oxygen atoms in total. The molecule has 0 saturated heterocycles. The topological polar surface area (TPSA) is 43.4 Å². The third-order valence-corrected chi connectivity index (χ3v) is 4.56. The predicted octanol–water partition coefficient (Wildman–Crippen LogP) is 2.73. The minimum atomic E-state index is -0.0396. The Morgan fingerprint density at radius 3 is 2.06 bits per heavy atom. The average Bonchev–Trinajstić information content (AvgIpc) is 2.39. The van der Waals surface area contributed by atoms with Crippen molar-refractivity contribution in [1.82, 2.24) is 0 Å². The largest absolute Gasteiger partial charge is 0.469 e. The van der Waals surface area contributed by atoms with E-state index in [-0.39, 0.29) is 11.9 Å². The highest BCUT2D eigenvalue weighted by Gasteiger charge is 2.32. The van der Waals surface area contributed by atoms with E-state index in [0.717, 1.165) is 63.2 Å². The lowest BCUT2D eigenvalue weighted by Crippen LogP contribution is -2.28. The van der Waals surface area contributed by atoms with Crippen LogP contribution in [0.5, 0.6) is 0 Å². The molecule has 0 unspecified atom stereocenters. The smallest absolute Gasteiger partial charge is 0.308 e. The third-order valence-electron chi connectivity index (χ3n) is 4.56. The summed E-state index contributed by atoms with van der Waals surface area (Å²) in [4.78, 5) is 22.6. The lowest BCUT2D eigenvalue weighted by Gasteiger charge is -2.34. The van der Waals surface area contributed by atoms with Gasteiger partial charge in [-0.2, -0.15) is 0 Å². The minimum absolute atomic E-state index is 0.0396. The van der Waals surface area contributed by atoms with Gasteiger partial charge in [0.1, 0.15) is 5.78 Å². The molecule has 0 N–H and O–H groups in total. The van der Waals surface area contributed by atoms with Gasteiger partial charge in [-0.15, -0.1) is 0 Å². The number of rotatable bonds is 2. The van der Waals surface area contributed by atoms with Crippen LogP contribution < -0.4 is 0 Å². The molecule has 2 aliphatic carbocycles. The zero-order valence-corrected chi connectivity index (χ0v) is 10.6. The number of hydrogen-bond donors (Lipinski definition) is 0. The Hall–Kier alpha value is -0.860. The summed E-state index contributed by atoms with van der Waals surface area (Å²) in [5.74, 6) is 1.99. The zero-order valence-electron chi connectivity index (χ0n) is 10.6. The highest BCUT2D eigenvalue weighted by Crippen LogP contribution is 2.39. The first-order valence-corrected chi connectivity index (χ1v) is 6.80. The number of ether oxygens (including phenoxy) is 1. The van der Waals surface area contributed by atoms with Crippen LogP contribution in [0.25, 0.3) is 0 Å². The highest BCUT2D eigenvalue weighted by molar-refractivity contribution is 5.79. The van der Waals surface area contributed by atoms with E-state index < -0.39 is 0 Å². The van der Waals surface area contributed by atoms with Gasteiger partial charge in [-0.3, -0.25) is 9.59 Å². The van der Waals surface area contributed by atoms with Gasteiger partial charge in [0.05, 0.1) is 13.0 Å². The van der Waals surface area contributed by atoms with Crippen LogP contribution >= 0.6 is 0 Å². The van der Waals surface area contributed by atoms with Crippen molar-refractivity contribution in [3.05, 3.63) is 0 Å². The average molecular weight is 238 g/mol. The number of ketones is 1. The van der Waals surface area contributed by atoms with Gasteiger partial charge in [0.25, 0.3) is 0 Å². The normalized spacial score (nSPS) is 31.2. The molecule has 0 aliphatic heterocycles. The second-order valence-electron chi connectivity index (χ2n) is 5.51. The molecule has 0 aromatic carbocycles.